The fourth-order valence-corrected chi connectivity index (χ4v) is 6.07. The van der Waals surface area contributed by atoms with Gasteiger partial charge in [-0.1, -0.05) is 161 Å². The van der Waals surface area contributed by atoms with E-state index in [0.717, 1.165) is 60.3 Å². The molecule has 1 fully saturated rings. The molecule has 0 saturated heterocycles. The van der Waals surface area contributed by atoms with Gasteiger partial charge >= 0.3 is 12.4 Å². The number of nitrogens with one attached hydrogen (secondary N) is 1. The number of rotatable bonds is 16. The van der Waals surface area contributed by atoms with Gasteiger partial charge < -0.3 is 5.32 Å². The third kappa shape index (κ3) is 21.0. The van der Waals surface area contributed by atoms with Crippen LogP contribution in [0.1, 0.15) is 161 Å². The van der Waals surface area contributed by atoms with E-state index < -0.39 is 23.5 Å². The number of aryl methyl sites for hydroxylation is 1. The van der Waals surface area contributed by atoms with E-state index in [1.807, 2.05) is 6.92 Å². The topological polar surface area (TPSA) is 24.4 Å². The Balaban J connectivity index is 0.000000775. The zero-order valence-corrected chi connectivity index (χ0v) is 35.0. The largest absolute Gasteiger partial charge is 0.416 e. The smallest absolute Gasteiger partial charge is 0.344 e. The fraction of sp³-hybridized carbons (Fsp3) is 0.587. The van der Waals surface area contributed by atoms with Crippen molar-refractivity contribution < 1.29 is 26.3 Å². The van der Waals surface area contributed by atoms with Crippen LogP contribution in [-0.2, 0) is 18.8 Å². The summed E-state index contributed by atoms with van der Waals surface area (Å²) in [6, 6.07) is 9.64. The van der Waals surface area contributed by atoms with Gasteiger partial charge in [-0.05, 0) is 79.5 Å². The minimum atomic E-state index is -4.93. The van der Waals surface area contributed by atoms with E-state index in [1.54, 1.807) is 6.20 Å². The van der Waals surface area contributed by atoms with E-state index in [-0.39, 0.29) is 17.6 Å². The van der Waals surface area contributed by atoms with Gasteiger partial charge in [0, 0.05) is 17.5 Å². The molecule has 307 valence electrons. The van der Waals surface area contributed by atoms with E-state index in [2.05, 4.69) is 95.5 Å². The van der Waals surface area contributed by atoms with Gasteiger partial charge in [-0.25, -0.2) is 4.99 Å². The molecule has 0 bridgehead atoms. The van der Waals surface area contributed by atoms with E-state index in [0.29, 0.717) is 12.1 Å². The first-order chi connectivity index (χ1) is 26.1. The maximum absolute atomic E-state index is 13.3. The third-order valence-electron chi connectivity index (χ3n) is 9.46. The Labute approximate surface area is 330 Å². The molecule has 0 aliphatic heterocycles. The number of anilines is 1. The molecule has 1 radical (unpaired) electrons. The number of aliphatic imine (C=N–C) groups is 1. The predicted octanol–water partition coefficient (Wildman–Crippen LogP) is 16.3. The average molecular weight is 774 g/mol. The number of nitrogens with zero attached hydrogens (tertiary/aromatic N) is 1. The molecule has 0 atom stereocenters. The maximum atomic E-state index is 13.3. The van der Waals surface area contributed by atoms with Crippen LogP contribution in [-0.4, -0.2) is 13.1 Å². The van der Waals surface area contributed by atoms with Crippen LogP contribution in [0.25, 0.3) is 5.57 Å². The Bertz CT molecular complexity index is 1420. The molecule has 2 aromatic carbocycles. The lowest BCUT2D eigenvalue weighted by atomic mass is 9.69. The minimum Gasteiger partial charge on any atom is -0.344 e. The monoisotopic (exact) mass is 774 g/mol. The molecule has 2 nitrogen and oxygen atoms in total. The summed E-state index contributed by atoms with van der Waals surface area (Å²) in [5.74, 6) is 1.19. The van der Waals surface area contributed by atoms with Gasteiger partial charge in [0.2, 0.25) is 0 Å². The molecule has 9 heteroatoms. The molecule has 0 heterocycles. The second kappa shape index (κ2) is 27.4. The van der Waals surface area contributed by atoms with E-state index >= 15 is 0 Å². The van der Waals surface area contributed by atoms with Crippen LogP contribution in [0, 0.1) is 5.92 Å². The summed E-state index contributed by atoms with van der Waals surface area (Å²) >= 11 is 0. The standard InChI is InChI=1S/C31H36F6N2.C8H18B.C7H14/c1-6-9-11-21(4)29(28(12-10-7-2)24-15-13-23(8-3)14-16-24)20-38-22(5)39-27-18-25(30(32,33)34)17-26(19-27)31(35,36)37;1-3-5-6-8-9-7-4-2;1-7-5-3-2-4-6-7/h11-20H,6-10H2,1-5H3,(H,38,39);3-8H2,1-2H3;7H,2-6H2,1H3/b21-11+,28-12-,29-20+;;. The Kier molecular flexibility index (Phi) is 24.8. The number of allylic oxidation sites excluding steroid dienone is 5. The highest BCUT2D eigenvalue weighted by Crippen LogP contribution is 2.38. The quantitative estimate of drug-likeness (QED) is 0.0451. The Morgan fingerprint density at radius 3 is 1.80 bits per heavy atom. The van der Waals surface area contributed by atoms with Gasteiger partial charge in [0.1, 0.15) is 13.1 Å². The highest BCUT2D eigenvalue weighted by Gasteiger charge is 2.37. The fourth-order valence-electron chi connectivity index (χ4n) is 6.07. The summed E-state index contributed by atoms with van der Waals surface area (Å²) in [6.45, 7) is 16.5. The summed E-state index contributed by atoms with van der Waals surface area (Å²) in [4.78, 5) is 4.42. The van der Waals surface area contributed by atoms with Crippen LogP contribution in [0.5, 0.6) is 0 Å². The van der Waals surface area contributed by atoms with Crippen LogP contribution in [0.2, 0.25) is 12.6 Å². The average Bonchev–Trinajstić information content (AvgIpc) is 3.15. The molecule has 1 aliphatic rings. The van der Waals surface area contributed by atoms with E-state index in [1.165, 1.54) is 82.9 Å². The van der Waals surface area contributed by atoms with Crippen molar-refractivity contribution in [3.8, 4) is 0 Å². The molecule has 55 heavy (non-hydrogen) atoms. The first-order valence-corrected chi connectivity index (χ1v) is 20.7. The van der Waals surface area contributed by atoms with Gasteiger partial charge in [-0.15, -0.1) is 0 Å². The molecule has 1 saturated carbocycles. The van der Waals surface area contributed by atoms with Crippen LogP contribution < -0.4 is 5.32 Å². The van der Waals surface area contributed by atoms with Crippen LogP contribution in [0.3, 0.4) is 0 Å². The lowest BCUT2D eigenvalue weighted by Crippen LogP contribution is -2.14. The molecule has 1 N–H and O–H groups in total. The molecule has 0 spiro atoms. The second-order valence-electron chi connectivity index (χ2n) is 14.6. The van der Waals surface area contributed by atoms with Crippen molar-refractivity contribution >= 4 is 24.4 Å². The van der Waals surface area contributed by atoms with Crippen molar-refractivity contribution in [2.24, 2.45) is 10.9 Å². The molecule has 0 unspecified atom stereocenters. The van der Waals surface area contributed by atoms with Gasteiger partial charge in [0.15, 0.2) is 0 Å². The third-order valence-corrected chi connectivity index (χ3v) is 9.46. The van der Waals surface area contributed by atoms with E-state index in [9.17, 15) is 26.3 Å². The molecule has 0 aromatic heterocycles. The van der Waals surface area contributed by atoms with Crippen molar-refractivity contribution in [2.75, 3.05) is 5.32 Å². The molecular weight excluding hydrogens is 705 g/mol. The molecule has 2 aromatic rings. The van der Waals surface area contributed by atoms with Crippen molar-refractivity contribution in [1.29, 1.82) is 0 Å². The summed E-state index contributed by atoms with van der Waals surface area (Å²) < 4.78 is 79.6. The van der Waals surface area contributed by atoms with Gasteiger partial charge in [-0.2, -0.15) is 26.3 Å². The normalized spacial score (nSPS) is 14.8. The number of unbranched alkanes of at least 4 members (excludes halogenated alkanes) is 4. The SMILES string of the molecule is CC1CCCCC1.CCC[B]CCCCC.CCC\C=C(C(=C/N=C(C)Nc1cc(C(F)(F)F)cc(C(F)(F)F)c1)/C(C)=C/CCC)\c1ccc(CC)cc1. The zero-order valence-electron chi connectivity index (χ0n) is 35.0. The number of alkyl halides is 6. The first kappa shape index (κ1) is 49.8. The number of amidine groups is 1. The van der Waals surface area contributed by atoms with Gasteiger partial charge in [-0.3, -0.25) is 0 Å². The summed E-state index contributed by atoms with van der Waals surface area (Å²) in [7, 11) is 2.41. The van der Waals surface area contributed by atoms with Crippen molar-refractivity contribution in [2.45, 2.75) is 170 Å². The maximum Gasteiger partial charge on any atom is 0.416 e. The van der Waals surface area contributed by atoms with Crippen LogP contribution >= 0.6 is 0 Å². The van der Waals surface area contributed by atoms with Crippen molar-refractivity contribution in [1.82, 2.24) is 0 Å². The Morgan fingerprint density at radius 2 is 1.33 bits per heavy atom. The molecular formula is C46H68BF6N2. The first-order valence-electron chi connectivity index (χ1n) is 20.7. The highest BCUT2D eigenvalue weighted by atomic mass is 19.4. The summed E-state index contributed by atoms with van der Waals surface area (Å²) in [5, 5.41) is 2.61. The number of hydrogen-bond acceptors (Lipinski definition) is 1. The predicted molar refractivity (Wildman–Crippen MR) is 226 cm³/mol. The summed E-state index contributed by atoms with van der Waals surface area (Å²) in [5.41, 5.74) is 1.88. The Hall–Kier alpha value is -3.23. The van der Waals surface area contributed by atoms with Gasteiger partial charge in [0.05, 0.1) is 11.1 Å². The summed E-state index contributed by atoms with van der Waals surface area (Å²) in [6.07, 6.45) is 16.0. The molecule has 0 amide bonds. The molecule has 1 aliphatic carbocycles. The lowest BCUT2D eigenvalue weighted by molar-refractivity contribution is -0.143. The van der Waals surface area contributed by atoms with E-state index in [4.69, 9.17) is 0 Å². The minimum absolute atomic E-state index is 0.103. The van der Waals surface area contributed by atoms with Crippen molar-refractivity contribution in [3.63, 3.8) is 0 Å². The molecule has 3 rings (SSSR count). The van der Waals surface area contributed by atoms with Crippen molar-refractivity contribution in [3.05, 3.63) is 94.2 Å². The van der Waals surface area contributed by atoms with Crippen LogP contribution in [0.4, 0.5) is 32.0 Å². The van der Waals surface area contributed by atoms with Gasteiger partial charge in [0.25, 0.3) is 0 Å². The number of halogens is 6. The second-order valence-corrected chi connectivity index (χ2v) is 14.6. The zero-order chi connectivity index (χ0) is 41.3. The Morgan fingerprint density at radius 1 is 0.745 bits per heavy atom. The number of benzene rings is 2. The lowest BCUT2D eigenvalue weighted by Gasteiger charge is -2.16. The highest BCUT2D eigenvalue weighted by molar-refractivity contribution is 6.35. The van der Waals surface area contributed by atoms with Crippen LogP contribution in [0.15, 0.2) is 77.0 Å². The number of hydrogen-bond donors (Lipinski definition) is 1.